The van der Waals surface area contributed by atoms with Crippen LogP contribution in [-0.2, 0) is 14.6 Å². The lowest BCUT2D eigenvalue weighted by Gasteiger charge is -2.64. The summed E-state index contributed by atoms with van der Waals surface area (Å²) in [5, 5.41) is 10.6. The first-order valence-corrected chi connectivity index (χ1v) is 18.3. The van der Waals surface area contributed by atoms with Gasteiger partial charge in [-0.1, -0.05) is 71.4 Å². The molecule has 0 radical (unpaired) electrons. The van der Waals surface area contributed by atoms with Crippen LogP contribution in [0.2, 0.25) is 0 Å². The van der Waals surface area contributed by atoms with Gasteiger partial charge in [0.05, 0.1) is 10.3 Å². The van der Waals surface area contributed by atoms with Crippen molar-refractivity contribution in [3.05, 3.63) is 48.1 Å². The SMILES string of the molecule is C=C(C)C1CCC2(C(=O)O)CCC(C)C3(C)CCC4C(C)(C)C(c5ccc(S(C)(=O)=O)cc5)=CCC4(C)C3CCCC12. The molecule has 0 aromatic heterocycles. The van der Waals surface area contributed by atoms with Gasteiger partial charge >= 0.3 is 5.97 Å². The molecule has 5 heteroatoms. The summed E-state index contributed by atoms with van der Waals surface area (Å²) in [6.45, 7) is 18.8. The molecule has 8 atom stereocenters. The van der Waals surface area contributed by atoms with E-state index in [0.717, 1.165) is 56.9 Å². The summed E-state index contributed by atoms with van der Waals surface area (Å²) < 4.78 is 24.2. The van der Waals surface area contributed by atoms with Crippen LogP contribution in [0.1, 0.15) is 111 Å². The van der Waals surface area contributed by atoms with E-state index in [2.05, 4.69) is 54.2 Å². The van der Waals surface area contributed by atoms with Gasteiger partial charge in [0, 0.05) is 6.26 Å². The van der Waals surface area contributed by atoms with Gasteiger partial charge in [0.25, 0.3) is 0 Å². The van der Waals surface area contributed by atoms with Crippen LogP contribution >= 0.6 is 0 Å². The second kappa shape index (κ2) is 10.6. The number of hydrogen-bond acceptors (Lipinski definition) is 3. The van der Waals surface area contributed by atoms with Gasteiger partial charge in [0.1, 0.15) is 0 Å². The third kappa shape index (κ3) is 4.85. The molecule has 1 N–H and O–H groups in total. The number of allylic oxidation sites excluding steroid dienone is 3. The monoisotopic (exact) mass is 594 g/mol. The molecule has 0 bridgehead atoms. The molecule has 0 amide bonds. The van der Waals surface area contributed by atoms with Crippen molar-refractivity contribution in [2.45, 2.75) is 111 Å². The number of fused-ring (bicyclic) bond motifs is 4. The third-order valence-corrected chi connectivity index (χ3v) is 14.7. The molecule has 42 heavy (non-hydrogen) atoms. The predicted octanol–water partition coefficient (Wildman–Crippen LogP) is 9.22. The number of carboxylic acids is 1. The van der Waals surface area contributed by atoms with Gasteiger partial charge in [-0.2, -0.15) is 0 Å². The van der Waals surface area contributed by atoms with Gasteiger partial charge in [-0.05, 0) is 134 Å². The molecule has 3 saturated carbocycles. The molecular weight excluding hydrogens is 540 g/mol. The van der Waals surface area contributed by atoms with Crippen molar-refractivity contribution in [3.63, 3.8) is 0 Å². The second-order valence-corrected chi connectivity index (χ2v) is 17.9. The summed E-state index contributed by atoms with van der Waals surface area (Å²) in [6.07, 6.45) is 13.9. The summed E-state index contributed by atoms with van der Waals surface area (Å²) in [5.41, 5.74) is 3.37. The first kappa shape index (κ1) is 31.5. The zero-order valence-corrected chi connectivity index (χ0v) is 27.9. The molecule has 0 saturated heterocycles. The molecule has 4 aliphatic rings. The maximum absolute atomic E-state index is 12.9. The van der Waals surface area contributed by atoms with E-state index >= 15 is 0 Å². The number of sulfone groups is 1. The largest absolute Gasteiger partial charge is 0.481 e. The van der Waals surface area contributed by atoms with E-state index in [1.54, 1.807) is 12.1 Å². The van der Waals surface area contributed by atoms with Crippen molar-refractivity contribution in [1.29, 1.82) is 0 Å². The summed E-state index contributed by atoms with van der Waals surface area (Å²) in [4.78, 5) is 13.3. The minimum atomic E-state index is -3.22. The minimum Gasteiger partial charge on any atom is -0.481 e. The maximum atomic E-state index is 12.9. The van der Waals surface area contributed by atoms with E-state index in [-0.39, 0.29) is 22.2 Å². The second-order valence-electron chi connectivity index (χ2n) is 15.9. The van der Waals surface area contributed by atoms with Gasteiger partial charge in [0.2, 0.25) is 0 Å². The molecule has 0 heterocycles. The van der Waals surface area contributed by atoms with Crippen molar-refractivity contribution in [2.24, 2.45) is 51.2 Å². The zero-order chi connectivity index (χ0) is 30.9. The third-order valence-electron chi connectivity index (χ3n) is 13.6. The highest BCUT2D eigenvalue weighted by Crippen LogP contribution is 2.69. The van der Waals surface area contributed by atoms with Crippen molar-refractivity contribution >= 4 is 21.4 Å². The average Bonchev–Trinajstić information content (AvgIpc) is 3.28. The van der Waals surface area contributed by atoms with E-state index in [4.69, 9.17) is 0 Å². The Morgan fingerprint density at radius 1 is 0.905 bits per heavy atom. The van der Waals surface area contributed by atoms with Crippen LogP contribution in [0.25, 0.3) is 5.57 Å². The summed E-state index contributed by atoms with van der Waals surface area (Å²) in [5.74, 6) is 1.52. The molecule has 8 unspecified atom stereocenters. The molecule has 0 spiro atoms. The Morgan fingerprint density at radius 3 is 2.14 bits per heavy atom. The summed E-state index contributed by atoms with van der Waals surface area (Å²) >= 11 is 0. The van der Waals surface area contributed by atoms with Crippen LogP contribution < -0.4 is 0 Å². The minimum absolute atomic E-state index is 0.0333. The highest BCUT2D eigenvalue weighted by atomic mass is 32.2. The van der Waals surface area contributed by atoms with Crippen molar-refractivity contribution in [1.82, 2.24) is 0 Å². The van der Waals surface area contributed by atoms with Gasteiger partial charge in [-0.15, -0.1) is 0 Å². The molecule has 4 nitrogen and oxygen atoms in total. The van der Waals surface area contributed by atoms with Crippen molar-refractivity contribution in [2.75, 3.05) is 6.26 Å². The normalized spacial score (nSPS) is 40.2. The Kier molecular flexibility index (Phi) is 7.98. The lowest BCUT2D eigenvalue weighted by molar-refractivity contribution is -0.155. The van der Waals surface area contributed by atoms with Crippen LogP contribution in [0.5, 0.6) is 0 Å². The highest BCUT2D eigenvalue weighted by molar-refractivity contribution is 7.90. The van der Waals surface area contributed by atoms with Crippen LogP contribution in [0.4, 0.5) is 0 Å². The number of rotatable bonds is 4. The van der Waals surface area contributed by atoms with Gasteiger partial charge in [-0.3, -0.25) is 4.79 Å². The molecular formula is C37H54O4S. The Morgan fingerprint density at radius 2 is 1.55 bits per heavy atom. The number of aliphatic carboxylic acids is 1. The Bertz CT molecular complexity index is 1370. The maximum Gasteiger partial charge on any atom is 0.309 e. The number of hydrogen-bond donors (Lipinski definition) is 1. The van der Waals surface area contributed by atoms with Crippen molar-refractivity contribution < 1.29 is 18.3 Å². The van der Waals surface area contributed by atoms with Crippen LogP contribution in [0, 0.1) is 51.2 Å². The Hall–Kier alpha value is -1.88. The number of carbonyl (C=O) groups is 1. The first-order chi connectivity index (χ1) is 19.5. The Balaban J connectivity index is 1.49. The molecule has 1 aromatic rings. The van der Waals surface area contributed by atoms with E-state index in [0.29, 0.717) is 28.6 Å². The average molecular weight is 595 g/mol. The molecule has 5 rings (SSSR count). The van der Waals surface area contributed by atoms with Crippen LogP contribution in [0.3, 0.4) is 0 Å². The fourth-order valence-corrected chi connectivity index (χ4v) is 11.7. The van der Waals surface area contributed by atoms with Crippen LogP contribution in [-0.4, -0.2) is 25.7 Å². The summed E-state index contributed by atoms with van der Waals surface area (Å²) in [7, 11) is -3.22. The van der Waals surface area contributed by atoms with Crippen LogP contribution in [0.15, 0.2) is 47.4 Å². The first-order valence-electron chi connectivity index (χ1n) is 16.4. The van der Waals surface area contributed by atoms with E-state index < -0.39 is 21.2 Å². The standard InChI is InChI=1S/C37H54O4S/c1-24(2)28-17-23-37(33(38)39)22-16-25(3)35(6)21-19-31-34(4,5)29(26-12-14-27(15-13-26)42(8,40)41)18-20-36(31,7)32(35)11-9-10-30(28)37/h12-15,18,25,28,30-32H,1,9-11,16-17,19-23H2,2-8H3,(H,38,39). The number of carboxylic acid groups (broad SMARTS) is 1. The summed E-state index contributed by atoms with van der Waals surface area (Å²) in [6, 6.07) is 7.52. The van der Waals surface area contributed by atoms with Gasteiger partial charge in [-0.25, -0.2) is 8.42 Å². The molecule has 3 fully saturated rings. The lowest BCUT2D eigenvalue weighted by Crippen LogP contribution is -2.56. The van der Waals surface area contributed by atoms with E-state index in [9.17, 15) is 18.3 Å². The quantitative estimate of drug-likeness (QED) is 0.353. The predicted molar refractivity (Wildman–Crippen MR) is 172 cm³/mol. The molecule has 4 aliphatic carbocycles. The zero-order valence-electron chi connectivity index (χ0n) is 27.1. The van der Waals surface area contributed by atoms with E-state index in [1.807, 2.05) is 12.1 Å². The Labute approximate surface area is 255 Å². The highest BCUT2D eigenvalue weighted by Gasteiger charge is 2.61. The van der Waals surface area contributed by atoms with E-state index in [1.165, 1.54) is 30.2 Å². The molecule has 1 aromatic carbocycles. The van der Waals surface area contributed by atoms with Crippen molar-refractivity contribution in [3.8, 4) is 0 Å². The molecule has 0 aliphatic heterocycles. The molecule has 232 valence electrons. The lowest BCUT2D eigenvalue weighted by atomic mass is 9.40. The van der Waals surface area contributed by atoms with Gasteiger partial charge < -0.3 is 5.11 Å². The number of benzene rings is 1. The smallest absolute Gasteiger partial charge is 0.309 e. The van der Waals surface area contributed by atoms with Gasteiger partial charge in [0.15, 0.2) is 9.84 Å². The fourth-order valence-electron chi connectivity index (χ4n) is 11.1. The topological polar surface area (TPSA) is 71.4 Å². The fraction of sp³-hybridized carbons (Fsp3) is 0.703.